The van der Waals surface area contributed by atoms with Crippen molar-refractivity contribution in [3.8, 4) is 0 Å². The lowest BCUT2D eigenvalue weighted by Crippen LogP contribution is -2.55. The molecule has 1 saturated carbocycles. The van der Waals surface area contributed by atoms with Crippen molar-refractivity contribution in [1.29, 1.82) is 0 Å². The summed E-state index contributed by atoms with van der Waals surface area (Å²) < 4.78 is 12.4. The number of nitrogens with zero attached hydrogens (tertiary/aromatic N) is 5. The van der Waals surface area contributed by atoms with Crippen molar-refractivity contribution in [3.05, 3.63) is 29.7 Å². The third-order valence-corrected chi connectivity index (χ3v) is 4.43. The Morgan fingerprint density at radius 2 is 2.30 bits per heavy atom. The van der Waals surface area contributed by atoms with Crippen LogP contribution in [0.25, 0.3) is 0 Å². The second-order valence-electron chi connectivity index (χ2n) is 6.31. The predicted molar refractivity (Wildman–Crippen MR) is 78.2 cm³/mol. The van der Waals surface area contributed by atoms with Crippen molar-refractivity contribution in [3.63, 3.8) is 0 Å². The molecule has 0 unspecified atom stereocenters. The van der Waals surface area contributed by atoms with E-state index >= 15 is 0 Å². The van der Waals surface area contributed by atoms with E-state index in [0.717, 1.165) is 12.0 Å². The van der Waals surface area contributed by atoms with Gasteiger partial charge in [0, 0.05) is 32.3 Å². The summed E-state index contributed by atoms with van der Waals surface area (Å²) in [6.07, 6.45) is 4.83. The molecule has 0 bridgehead atoms. The number of likely N-dealkylation sites (tertiary alicyclic amines) is 1. The molecule has 8 nitrogen and oxygen atoms in total. The lowest BCUT2D eigenvalue weighted by molar-refractivity contribution is -0.148. The summed E-state index contributed by atoms with van der Waals surface area (Å²) in [5, 5.41) is 7.88. The Kier molecular flexibility index (Phi) is 3.41. The molecule has 0 radical (unpaired) electrons. The molecule has 0 aromatic carbocycles. The second kappa shape index (κ2) is 5.45. The molecule has 8 heteroatoms. The minimum Gasteiger partial charge on any atom is -0.365 e. The number of carbonyl (C=O) groups excluding carboxylic acids is 1. The smallest absolute Gasteiger partial charge is 0.252 e. The number of ether oxygens (including phenoxy) is 1. The Hall–Kier alpha value is -2.22. The topological polar surface area (TPSA) is 86.3 Å². The van der Waals surface area contributed by atoms with Crippen molar-refractivity contribution >= 4 is 5.91 Å². The van der Waals surface area contributed by atoms with Gasteiger partial charge in [-0.3, -0.25) is 9.48 Å². The summed E-state index contributed by atoms with van der Waals surface area (Å²) in [6.45, 7) is 3.35. The van der Waals surface area contributed by atoms with Crippen molar-refractivity contribution < 1.29 is 14.1 Å². The van der Waals surface area contributed by atoms with Crippen LogP contribution in [-0.4, -0.2) is 49.9 Å². The SMILES string of the molecule is Cc1noc(COC2CN(C(=O)[C@@H]3C[C@H]3c3cnn(C)c3)C2)n1. The van der Waals surface area contributed by atoms with E-state index in [1.54, 1.807) is 11.6 Å². The number of rotatable bonds is 5. The Morgan fingerprint density at radius 1 is 1.48 bits per heavy atom. The first-order chi connectivity index (χ1) is 11.1. The lowest BCUT2D eigenvalue weighted by Gasteiger charge is -2.38. The maximum atomic E-state index is 12.4. The molecular formula is C15H19N5O3. The van der Waals surface area contributed by atoms with E-state index < -0.39 is 0 Å². The molecule has 3 heterocycles. The fraction of sp³-hybridized carbons (Fsp3) is 0.600. The quantitative estimate of drug-likeness (QED) is 0.804. The molecule has 2 atom stereocenters. The zero-order valence-corrected chi connectivity index (χ0v) is 13.2. The minimum absolute atomic E-state index is 0.0572. The second-order valence-corrected chi connectivity index (χ2v) is 6.31. The number of aromatic nitrogens is 4. The molecule has 2 aromatic rings. The van der Waals surface area contributed by atoms with Gasteiger partial charge < -0.3 is 14.2 Å². The molecule has 2 aliphatic rings. The van der Waals surface area contributed by atoms with Gasteiger partial charge in [-0.2, -0.15) is 10.1 Å². The number of hydrogen-bond acceptors (Lipinski definition) is 6. The summed E-state index contributed by atoms with van der Waals surface area (Å²) in [5.74, 6) is 1.75. The molecule has 0 spiro atoms. The molecule has 0 N–H and O–H groups in total. The molecule has 1 aliphatic heterocycles. The van der Waals surface area contributed by atoms with Crippen LogP contribution in [0.3, 0.4) is 0 Å². The highest BCUT2D eigenvalue weighted by atomic mass is 16.5. The standard InChI is InChI=1S/C15H19N5O3/c1-9-17-14(23-18-9)8-22-11-6-20(7-11)15(21)13-3-12(13)10-4-16-19(2)5-10/h4-5,11-13H,3,6-8H2,1-2H3/t12-,13+/m0/s1. The van der Waals surface area contributed by atoms with Crippen LogP contribution < -0.4 is 0 Å². The first kappa shape index (κ1) is 14.4. The average molecular weight is 317 g/mol. The van der Waals surface area contributed by atoms with Crippen molar-refractivity contribution in [2.45, 2.75) is 32.0 Å². The van der Waals surface area contributed by atoms with Crippen LogP contribution in [0.5, 0.6) is 0 Å². The van der Waals surface area contributed by atoms with Crippen LogP contribution in [0.4, 0.5) is 0 Å². The fourth-order valence-electron chi connectivity index (χ4n) is 3.01. The Bertz CT molecular complexity index is 718. The summed E-state index contributed by atoms with van der Waals surface area (Å²) in [4.78, 5) is 18.4. The number of amides is 1. The third kappa shape index (κ3) is 2.86. The third-order valence-electron chi connectivity index (χ3n) is 4.43. The van der Waals surface area contributed by atoms with Crippen LogP contribution in [-0.2, 0) is 23.2 Å². The maximum absolute atomic E-state index is 12.4. The number of hydrogen-bond donors (Lipinski definition) is 0. The highest BCUT2D eigenvalue weighted by molar-refractivity contribution is 5.83. The van der Waals surface area contributed by atoms with Gasteiger partial charge in [0.05, 0.1) is 12.3 Å². The van der Waals surface area contributed by atoms with Gasteiger partial charge in [-0.05, 0) is 24.8 Å². The Labute approximate surface area is 133 Å². The monoisotopic (exact) mass is 317 g/mol. The van der Waals surface area contributed by atoms with Crippen LogP contribution in [0.2, 0.25) is 0 Å². The van der Waals surface area contributed by atoms with E-state index in [1.807, 2.05) is 24.3 Å². The highest BCUT2D eigenvalue weighted by Gasteiger charge is 2.48. The van der Waals surface area contributed by atoms with E-state index in [9.17, 15) is 4.79 Å². The van der Waals surface area contributed by atoms with Crippen LogP contribution in [0, 0.1) is 12.8 Å². The van der Waals surface area contributed by atoms with Gasteiger partial charge >= 0.3 is 0 Å². The van der Waals surface area contributed by atoms with Crippen molar-refractivity contribution in [2.75, 3.05) is 13.1 Å². The molecule has 4 rings (SSSR count). The molecule has 2 aromatic heterocycles. The summed E-state index contributed by atoms with van der Waals surface area (Å²) in [6, 6.07) is 0. The summed E-state index contributed by atoms with van der Waals surface area (Å²) in [7, 11) is 1.89. The van der Waals surface area contributed by atoms with Gasteiger partial charge in [0.1, 0.15) is 6.61 Å². The molecule has 122 valence electrons. The van der Waals surface area contributed by atoms with Gasteiger partial charge in [0.15, 0.2) is 5.82 Å². The molecule has 1 amide bonds. The van der Waals surface area contributed by atoms with Crippen molar-refractivity contribution in [2.24, 2.45) is 13.0 Å². The van der Waals surface area contributed by atoms with Gasteiger partial charge in [0.2, 0.25) is 5.91 Å². The average Bonchev–Trinajstić information content (AvgIpc) is 2.99. The fourth-order valence-corrected chi connectivity index (χ4v) is 3.01. The highest BCUT2D eigenvalue weighted by Crippen LogP contribution is 2.48. The van der Waals surface area contributed by atoms with E-state index in [1.165, 1.54) is 0 Å². The van der Waals surface area contributed by atoms with E-state index in [2.05, 4.69) is 15.2 Å². The van der Waals surface area contributed by atoms with E-state index in [4.69, 9.17) is 9.26 Å². The van der Waals surface area contributed by atoms with E-state index in [-0.39, 0.29) is 17.9 Å². The van der Waals surface area contributed by atoms with Crippen LogP contribution in [0.1, 0.15) is 29.6 Å². The first-order valence-electron chi connectivity index (χ1n) is 7.78. The zero-order chi connectivity index (χ0) is 16.0. The predicted octanol–water partition coefficient (Wildman–Crippen LogP) is 0.643. The van der Waals surface area contributed by atoms with E-state index in [0.29, 0.717) is 37.3 Å². The minimum atomic E-state index is 0.0572. The van der Waals surface area contributed by atoms with Crippen LogP contribution in [0.15, 0.2) is 16.9 Å². The van der Waals surface area contributed by atoms with Gasteiger partial charge in [-0.1, -0.05) is 5.16 Å². The summed E-state index contributed by atoms with van der Waals surface area (Å²) in [5.41, 5.74) is 1.16. The maximum Gasteiger partial charge on any atom is 0.252 e. The van der Waals surface area contributed by atoms with Gasteiger partial charge in [-0.15, -0.1) is 0 Å². The molecule has 23 heavy (non-hydrogen) atoms. The molecular weight excluding hydrogens is 298 g/mol. The normalized spacial score (nSPS) is 23.8. The van der Waals surface area contributed by atoms with Crippen molar-refractivity contribution in [1.82, 2.24) is 24.8 Å². The Balaban J connectivity index is 1.22. The number of carbonyl (C=O) groups is 1. The molecule has 1 saturated heterocycles. The molecule has 1 aliphatic carbocycles. The first-order valence-corrected chi connectivity index (χ1v) is 7.78. The molecule has 2 fully saturated rings. The number of aryl methyl sites for hydroxylation is 2. The van der Waals surface area contributed by atoms with Gasteiger partial charge in [0.25, 0.3) is 5.89 Å². The summed E-state index contributed by atoms with van der Waals surface area (Å²) >= 11 is 0. The largest absolute Gasteiger partial charge is 0.365 e. The van der Waals surface area contributed by atoms with Gasteiger partial charge in [-0.25, -0.2) is 0 Å². The zero-order valence-electron chi connectivity index (χ0n) is 13.2. The van der Waals surface area contributed by atoms with Crippen LogP contribution >= 0.6 is 0 Å². The lowest BCUT2D eigenvalue weighted by atomic mass is 10.1. The Morgan fingerprint density at radius 3 is 2.96 bits per heavy atom.